The van der Waals surface area contributed by atoms with Crippen molar-refractivity contribution in [2.24, 2.45) is 0 Å². The van der Waals surface area contributed by atoms with E-state index in [9.17, 15) is 5.11 Å². The standard InChI is InChI=1S/C28H27N3O3/c1-33-16-17-34-26-13-7-11-23-24(15-14-20-8-3-2-4-9-20)29-28(30-27(23)26)31-22(19-32)18-21-10-5-6-12-25(21)31/h2-13,18,32H,14-17,19H2,1H3. The largest absolute Gasteiger partial charge is 0.489 e. The number of rotatable bonds is 9. The maximum atomic E-state index is 10.1. The average molecular weight is 454 g/mol. The van der Waals surface area contributed by atoms with Gasteiger partial charge in [0.1, 0.15) is 17.9 Å². The van der Waals surface area contributed by atoms with Crippen molar-refractivity contribution in [2.75, 3.05) is 20.3 Å². The summed E-state index contributed by atoms with van der Waals surface area (Å²) in [6.07, 6.45) is 1.62. The third-order valence-electron chi connectivity index (χ3n) is 5.94. The molecule has 0 unspecified atom stereocenters. The first-order chi connectivity index (χ1) is 16.8. The van der Waals surface area contributed by atoms with E-state index in [1.54, 1.807) is 7.11 Å². The third kappa shape index (κ3) is 4.38. The summed E-state index contributed by atoms with van der Waals surface area (Å²) >= 11 is 0. The van der Waals surface area contributed by atoms with E-state index in [4.69, 9.17) is 19.4 Å². The van der Waals surface area contributed by atoms with E-state index in [-0.39, 0.29) is 6.61 Å². The Morgan fingerprint density at radius 1 is 0.853 bits per heavy atom. The van der Waals surface area contributed by atoms with Crippen LogP contribution in [0.5, 0.6) is 5.75 Å². The van der Waals surface area contributed by atoms with Gasteiger partial charge in [-0.3, -0.25) is 4.57 Å². The predicted molar refractivity (Wildman–Crippen MR) is 134 cm³/mol. The van der Waals surface area contributed by atoms with E-state index < -0.39 is 0 Å². The van der Waals surface area contributed by atoms with E-state index >= 15 is 0 Å². The number of hydrogen-bond donors (Lipinski definition) is 1. The summed E-state index contributed by atoms with van der Waals surface area (Å²) in [7, 11) is 1.65. The van der Waals surface area contributed by atoms with Gasteiger partial charge in [-0.15, -0.1) is 0 Å². The molecule has 0 aliphatic heterocycles. The smallest absolute Gasteiger partial charge is 0.235 e. The molecule has 5 aromatic rings. The summed E-state index contributed by atoms with van der Waals surface area (Å²) in [6, 6.07) is 26.4. The van der Waals surface area contributed by atoms with Gasteiger partial charge in [0.05, 0.1) is 30.1 Å². The van der Waals surface area contributed by atoms with Crippen molar-refractivity contribution in [3.05, 3.63) is 95.8 Å². The van der Waals surface area contributed by atoms with Crippen LogP contribution in [0.1, 0.15) is 17.0 Å². The van der Waals surface area contributed by atoms with Gasteiger partial charge in [-0.05, 0) is 36.6 Å². The highest BCUT2D eigenvalue weighted by Crippen LogP contribution is 2.30. The van der Waals surface area contributed by atoms with Gasteiger partial charge >= 0.3 is 0 Å². The Hall–Kier alpha value is -3.74. The Bertz CT molecular complexity index is 1410. The van der Waals surface area contributed by atoms with Crippen LogP contribution in [-0.2, 0) is 24.2 Å². The van der Waals surface area contributed by atoms with E-state index in [1.807, 2.05) is 59.2 Å². The van der Waals surface area contributed by atoms with Crippen molar-refractivity contribution in [1.29, 1.82) is 0 Å². The zero-order valence-corrected chi connectivity index (χ0v) is 19.1. The Balaban J connectivity index is 1.67. The molecule has 0 fully saturated rings. The first-order valence-corrected chi connectivity index (χ1v) is 11.4. The molecule has 6 heteroatoms. The zero-order valence-electron chi connectivity index (χ0n) is 19.1. The zero-order chi connectivity index (χ0) is 23.3. The molecule has 0 saturated heterocycles. The van der Waals surface area contributed by atoms with Gasteiger partial charge in [-0.25, -0.2) is 9.97 Å². The van der Waals surface area contributed by atoms with Gasteiger partial charge in [-0.2, -0.15) is 0 Å². The summed E-state index contributed by atoms with van der Waals surface area (Å²) < 4.78 is 13.1. The second-order valence-electron chi connectivity index (χ2n) is 8.14. The molecule has 0 saturated carbocycles. The van der Waals surface area contributed by atoms with Crippen molar-refractivity contribution >= 4 is 21.8 Å². The third-order valence-corrected chi connectivity index (χ3v) is 5.94. The van der Waals surface area contributed by atoms with Crippen molar-refractivity contribution in [1.82, 2.24) is 14.5 Å². The minimum Gasteiger partial charge on any atom is -0.489 e. The highest BCUT2D eigenvalue weighted by molar-refractivity contribution is 5.88. The van der Waals surface area contributed by atoms with E-state index in [0.29, 0.717) is 24.9 Å². The SMILES string of the molecule is COCCOc1cccc2c(CCc3ccccc3)nc(-n3c(CO)cc4ccccc43)nc12. The van der Waals surface area contributed by atoms with Crippen LogP contribution in [0.2, 0.25) is 0 Å². The molecular weight excluding hydrogens is 426 g/mol. The highest BCUT2D eigenvalue weighted by atomic mass is 16.5. The second kappa shape index (κ2) is 10.0. The fourth-order valence-electron chi connectivity index (χ4n) is 4.29. The number of aryl methyl sites for hydroxylation is 2. The molecule has 0 radical (unpaired) electrons. The lowest BCUT2D eigenvalue weighted by Gasteiger charge is -2.15. The predicted octanol–water partition coefficient (Wildman–Crippen LogP) is 4.88. The molecule has 0 aliphatic rings. The highest BCUT2D eigenvalue weighted by Gasteiger charge is 2.17. The summed E-state index contributed by atoms with van der Waals surface area (Å²) in [5.74, 6) is 1.23. The number of methoxy groups -OCH3 is 1. The number of para-hydroxylation sites is 2. The topological polar surface area (TPSA) is 69.4 Å². The molecule has 0 atom stereocenters. The van der Waals surface area contributed by atoms with E-state index in [1.165, 1.54) is 5.56 Å². The van der Waals surface area contributed by atoms with Crippen molar-refractivity contribution in [3.8, 4) is 11.7 Å². The summed E-state index contributed by atoms with van der Waals surface area (Å²) in [5, 5.41) is 12.1. The van der Waals surface area contributed by atoms with Gasteiger partial charge in [-0.1, -0.05) is 60.7 Å². The molecule has 3 aromatic carbocycles. The monoisotopic (exact) mass is 453 g/mol. The quantitative estimate of drug-likeness (QED) is 0.322. The average Bonchev–Trinajstić information content (AvgIpc) is 3.27. The molecule has 0 amide bonds. The molecule has 34 heavy (non-hydrogen) atoms. The molecule has 5 rings (SSSR count). The van der Waals surface area contributed by atoms with Crippen LogP contribution in [0.25, 0.3) is 27.8 Å². The lowest BCUT2D eigenvalue weighted by atomic mass is 10.0. The Labute approximate surface area is 198 Å². The Morgan fingerprint density at radius 3 is 2.50 bits per heavy atom. The maximum absolute atomic E-state index is 10.1. The number of aliphatic hydroxyl groups is 1. The maximum Gasteiger partial charge on any atom is 0.235 e. The lowest BCUT2D eigenvalue weighted by Crippen LogP contribution is -2.10. The van der Waals surface area contributed by atoms with Crippen LogP contribution >= 0.6 is 0 Å². The number of ether oxygens (including phenoxy) is 2. The van der Waals surface area contributed by atoms with Crippen LogP contribution in [0.4, 0.5) is 0 Å². The molecule has 2 aromatic heterocycles. The molecule has 1 N–H and O–H groups in total. The first kappa shape index (κ1) is 22.1. The van der Waals surface area contributed by atoms with E-state index in [0.717, 1.165) is 46.0 Å². The van der Waals surface area contributed by atoms with Gasteiger partial charge in [0.15, 0.2) is 0 Å². The summed E-state index contributed by atoms with van der Waals surface area (Å²) in [6.45, 7) is 0.816. The van der Waals surface area contributed by atoms with Crippen molar-refractivity contribution < 1.29 is 14.6 Å². The normalized spacial score (nSPS) is 11.4. The minimum atomic E-state index is -0.110. The van der Waals surface area contributed by atoms with Crippen molar-refractivity contribution in [3.63, 3.8) is 0 Å². The molecule has 0 spiro atoms. The molecule has 172 valence electrons. The fourth-order valence-corrected chi connectivity index (χ4v) is 4.29. The van der Waals surface area contributed by atoms with Gasteiger partial charge in [0.2, 0.25) is 5.95 Å². The number of benzene rings is 3. The fraction of sp³-hybridized carbons (Fsp3) is 0.214. The lowest BCUT2D eigenvalue weighted by molar-refractivity contribution is 0.147. The van der Waals surface area contributed by atoms with Crippen LogP contribution in [0.15, 0.2) is 78.9 Å². The van der Waals surface area contributed by atoms with E-state index in [2.05, 4.69) is 24.3 Å². The number of hydrogen-bond acceptors (Lipinski definition) is 5. The van der Waals surface area contributed by atoms with Crippen LogP contribution in [-0.4, -0.2) is 40.0 Å². The minimum absolute atomic E-state index is 0.110. The first-order valence-electron chi connectivity index (χ1n) is 11.4. The van der Waals surface area contributed by atoms with Gasteiger partial charge < -0.3 is 14.6 Å². The van der Waals surface area contributed by atoms with Gasteiger partial charge in [0, 0.05) is 17.9 Å². The number of fused-ring (bicyclic) bond motifs is 2. The Kier molecular flexibility index (Phi) is 6.51. The molecule has 0 aliphatic carbocycles. The number of aliphatic hydroxyl groups excluding tert-OH is 1. The molecule has 6 nitrogen and oxygen atoms in total. The Morgan fingerprint density at radius 2 is 1.68 bits per heavy atom. The van der Waals surface area contributed by atoms with Crippen molar-refractivity contribution in [2.45, 2.75) is 19.4 Å². The molecule has 2 heterocycles. The molecular formula is C28H27N3O3. The van der Waals surface area contributed by atoms with Crippen LogP contribution in [0.3, 0.4) is 0 Å². The van der Waals surface area contributed by atoms with Gasteiger partial charge in [0.25, 0.3) is 0 Å². The van der Waals surface area contributed by atoms with Crippen LogP contribution in [0, 0.1) is 0 Å². The summed E-state index contributed by atoms with van der Waals surface area (Å²) in [4.78, 5) is 9.96. The summed E-state index contributed by atoms with van der Waals surface area (Å²) in [5.41, 5.74) is 4.66. The van der Waals surface area contributed by atoms with Crippen LogP contribution < -0.4 is 4.74 Å². The second-order valence-corrected chi connectivity index (χ2v) is 8.14. The number of aromatic nitrogens is 3. The number of nitrogens with zero attached hydrogens (tertiary/aromatic N) is 3. The molecule has 0 bridgehead atoms.